The zero-order chi connectivity index (χ0) is 21.8. The van der Waals surface area contributed by atoms with E-state index in [-0.39, 0.29) is 31.0 Å². The number of aliphatic carboxylic acids is 1. The number of hydrogen-bond acceptors (Lipinski definition) is 4. The van der Waals surface area contributed by atoms with Gasteiger partial charge in [-0.25, -0.2) is 0 Å². The van der Waals surface area contributed by atoms with E-state index in [0.29, 0.717) is 24.2 Å². The smallest absolute Gasteiger partial charge is 0.323 e. The molecular weight excluding hydrogens is 394 g/mol. The molecule has 6 heteroatoms. The predicted molar refractivity (Wildman–Crippen MR) is 116 cm³/mol. The van der Waals surface area contributed by atoms with E-state index in [9.17, 15) is 14.7 Å². The number of carbonyl (C=O) groups is 2. The Bertz CT molecular complexity index is 915. The van der Waals surface area contributed by atoms with Crippen LogP contribution in [0.3, 0.4) is 0 Å². The van der Waals surface area contributed by atoms with Gasteiger partial charge in [-0.05, 0) is 54.4 Å². The Hall–Kier alpha value is -2.86. The number of fused-ring (bicyclic) bond motifs is 1. The molecule has 2 aliphatic rings. The quantitative estimate of drug-likeness (QED) is 0.735. The van der Waals surface area contributed by atoms with Crippen molar-refractivity contribution >= 4 is 11.9 Å². The summed E-state index contributed by atoms with van der Waals surface area (Å²) < 4.78 is 11.4. The van der Waals surface area contributed by atoms with Crippen molar-refractivity contribution in [3.63, 3.8) is 0 Å². The number of hydrogen-bond donors (Lipinski definition) is 1. The maximum atomic E-state index is 13.1. The largest absolute Gasteiger partial charge is 0.497 e. The predicted octanol–water partition coefficient (Wildman–Crippen LogP) is 3.71. The number of rotatable bonds is 7. The van der Waals surface area contributed by atoms with Gasteiger partial charge in [-0.3, -0.25) is 9.59 Å². The highest BCUT2D eigenvalue weighted by Crippen LogP contribution is 2.45. The topological polar surface area (TPSA) is 76.1 Å². The van der Waals surface area contributed by atoms with Gasteiger partial charge < -0.3 is 19.5 Å². The van der Waals surface area contributed by atoms with E-state index in [1.807, 2.05) is 42.5 Å². The Morgan fingerprint density at radius 1 is 1.06 bits per heavy atom. The summed E-state index contributed by atoms with van der Waals surface area (Å²) in [6.07, 6.45) is 2.77. The number of benzene rings is 2. The molecule has 0 spiro atoms. The normalized spacial score (nSPS) is 24.9. The molecule has 0 aromatic heterocycles. The maximum absolute atomic E-state index is 13.1. The van der Waals surface area contributed by atoms with Crippen LogP contribution in [0.2, 0.25) is 0 Å². The monoisotopic (exact) mass is 423 g/mol. The van der Waals surface area contributed by atoms with E-state index < -0.39 is 5.97 Å². The Balaban J connectivity index is 1.45. The van der Waals surface area contributed by atoms with Crippen LogP contribution in [0.5, 0.6) is 5.75 Å². The summed E-state index contributed by atoms with van der Waals surface area (Å²) in [5.74, 6) is 0.355. The fourth-order valence-corrected chi connectivity index (χ4v) is 5.04. The number of methoxy groups -OCH3 is 1. The van der Waals surface area contributed by atoms with Crippen molar-refractivity contribution in [1.29, 1.82) is 0 Å². The first-order chi connectivity index (χ1) is 15.0. The maximum Gasteiger partial charge on any atom is 0.323 e. The lowest BCUT2D eigenvalue weighted by Crippen LogP contribution is -2.43. The van der Waals surface area contributed by atoms with E-state index in [2.05, 4.69) is 12.1 Å². The lowest BCUT2D eigenvalue weighted by Gasteiger charge is -2.32. The Labute approximate surface area is 182 Å². The van der Waals surface area contributed by atoms with Gasteiger partial charge in [0.1, 0.15) is 12.3 Å². The number of nitrogens with zero attached hydrogens (tertiary/aromatic N) is 1. The molecule has 1 aliphatic carbocycles. The van der Waals surface area contributed by atoms with Crippen LogP contribution in [0.1, 0.15) is 36.5 Å². The SMILES string of the molecule is COc1cccc(CC(=O)N(CC(=O)O)[C@@H]2C[C@@H]3CO[C@H](c4ccccc4)C[C@@H]3C2)c1. The minimum absolute atomic E-state index is 0.0673. The molecule has 2 aromatic rings. The third-order valence-electron chi connectivity index (χ3n) is 6.57. The van der Waals surface area contributed by atoms with E-state index in [1.165, 1.54) is 5.56 Å². The fraction of sp³-hybridized carbons (Fsp3) is 0.440. The lowest BCUT2D eigenvalue weighted by molar-refractivity contribution is -0.146. The minimum atomic E-state index is -0.979. The summed E-state index contributed by atoms with van der Waals surface area (Å²) in [5, 5.41) is 9.45. The van der Waals surface area contributed by atoms with Crippen LogP contribution in [0, 0.1) is 11.8 Å². The summed E-state index contributed by atoms with van der Waals surface area (Å²) in [5.41, 5.74) is 2.00. The minimum Gasteiger partial charge on any atom is -0.497 e. The molecule has 4 rings (SSSR count). The summed E-state index contributed by atoms with van der Waals surface area (Å²) in [7, 11) is 1.59. The zero-order valence-electron chi connectivity index (χ0n) is 17.8. The van der Waals surface area contributed by atoms with Crippen LogP contribution >= 0.6 is 0 Å². The molecule has 2 aromatic carbocycles. The number of carbonyl (C=O) groups excluding carboxylic acids is 1. The molecule has 1 saturated heterocycles. The second kappa shape index (κ2) is 9.52. The second-order valence-corrected chi connectivity index (χ2v) is 8.56. The van der Waals surface area contributed by atoms with Gasteiger partial charge in [0.15, 0.2) is 0 Å². The molecule has 4 atom stereocenters. The standard InChI is InChI=1S/C25H29NO5/c1-30-22-9-5-6-17(10-22)11-24(27)26(15-25(28)29)21-12-19-14-23(31-16-20(19)13-21)18-7-3-2-4-8-18/h2-10,19-21,23H,11-16H2,1H3,(H,28,29)/t19-,20+,21-,23-/m0/s1. The summed E-state index contributed by atoms with van der Waals surface area (Å²) >= 11 is 0. The van der Waals surface area contributed by atoms with Crippen molar-refractivity contribution in [3.8, 4) is 5.75 Å². The Kier molecular flexibility index (Phi) is 6.56. The highest BCUT2D eigenvalue weighted by Gasteiger charge is 2.43. The molecule has 164 valence electrons. The molecule has 0 radical (unpaired) electrons. The van der Waals surface area contributed by atoms with Gasteiger partial charge in [0.25, 0.3) is 0 Å². The van der Waals surface area contributed by atoms with Crippen LogP contribution in [0.4, 0.5) is 0 Å². The number of carboxylic acid groups (broad SMARTS) is 1. The highest BCUT2D eigenvalue weighted by molar-refractivity contribution is 5.83. The number of ether oxygens (including phenoxy) is 2. The first-order valence-electron chi connectivity index (χ1n) is 10.8. The van der Waals surface area contributed by atoms with Gasteiger partial charge in [-0.2, -0.15) is 0 Å². The lowest BCUT2D eigenvalue weighted by atomic mass is 9.86. The van der Waals surface area contributed by atoms with Crippen molar-refractivity contribution < 1.29 is 24.2 Å². The second-order valence-electron chi connectivity index (χ2n) is 8.56. The van der Waals surface area contributed by atoms with Gasteiger partial charge in [-0.15, -0.1) is 0 Å². The molecule has 31 heavy (non-hydrogen) atoms. The average Bonchev–Trinajstić information content (AvgIpc) is 3.21. The molecule has 0 bridgehead atoms. The third-order valence-corrected chi connectivity index (χ3v) is 6.57. The van der Waals surface area contributed by atoms with E-state index in [1.54, 1.807) is 12.0 Å². The van der Waals surface area contributed by atoms with Crippen molar-refractivity contribution in [2.75, 3.05) is 20.3 Å². The van der Waals surface area contributed by atoms with Crippen LogP contribution in [-0.2, 0) is 20.7 Å². The number of amides is 1. The Morgan fingerprint density at radius 3 is 2.58 bits per heavy atom. The summed E-state index contributed by atoms with van der Waals surface area (Å²) in [6, 6.07) is 17.5. The van der Waals surface area contributed by atoms with Gasteiger partial charge >= 0.3 is 5.97 Å². The average molecular weight is 424 g/mol. The summed E-state index contributed by atoms with van der Waals surface area (Å²) in [4.78, 5) is 26.2. The molecule has 2 fully saturated rings. The van der Waals surface area contributed by atoms with Crippen LogP contribution in [0.25, 0.3) is 0 Å². The van der Waals surface area contributed by atoms with Crippen LogP contribution in [0.15, 0.2) is 54.6 Å². The van der Waals surface area contributed by atoms with Gasteiger partial charge in [0, 0.05) is 6.04 Å². The first-order valence-corrected chi connectivity index (χ1v) is 10.8. The molecule has 1 amide bonds. The molecular formula is C25H29NO5. The van der Waals surface area contributed by atoms with Gasteiger partial charge in [-0.1, -0.05) is 42.5 Å². The van der Waals surface area contributed by atoms with Crippen molar-refractivity contribution in [2.45, 2.75) is 37.8 Å². The molecule has 0 unspecified atom stereocenters. The van der Waals surface area contributed by atoms with E-state index in [4.69, 9.17) is 9.47 Å². The van der Waals surface area contributed by atoms with E-state index in [0.717, 1.165) is 24.8 Å². The van der Waals surface area contributed by atoms with E-state index >= 15 is 0 Å². The van der Waals surface area contributed by atoms with Crippen LogP contribution < -0.4 is 4.74 Å². The van der Waals surface area contributed by atoms with Gasteiger partial charge in [0.05, 0.1) is 26.2 Å². The molecule has 1 N–H and O–H groups in total. The fourth-order valence-electron chi connectivity index (χ4n) is 5.04. The third kappa shape index (κ3) is 5.07. The van der Waals surface area contributed by atoms with Gasteiger partial charge in [0.2, 0.25) is 5.91 Å². The summed E-state index contributed by atoms with van der Waals surface area (Å²) in [6.45, 7) is 0.390. The Morgan fingerprint density at radius 2 is 1.84 bits per heavy atom. The molecule has 6 nitrogen and oxygen atoms in total. The molecule has 1 aliphatic heterocycles. The molecule has 1 heterocycles. The van der Waals surface area contributed by atoms with Crippen molar-refractivity contribution in [2.24, 2.45) is 11.8 Å². The van der Waals surface area contributed by atoms with Crippen LogP contribution in [-0.4, -0.2) is 48.2 Å². The highest BCUT2D eigenvalue weighted by atomic mass is 16.5. The zero-order valence-corrected chi connectivity index (χ0v) is 17.8. The first kappa shape index (κ1) is 21.4. The van der Waals surface area contributed by atoms with Crippen molar-refractivity contribution in [3.05, 3.63) is 65.7 Å². The van der Waals surface area contributed by atoms with Crippen molar-refractivity contribution in [1.82, 2.24) is 4.90 Å². The molecule has 1 saturated carbocycles. The number of carboxylic acids is 1.